The van der Waals surface area contributed by atoms with E-state index in [9.17, 15) is 33.9 Å². The van der Waals surface area contributed by atoms with E-state index in [2.05, 4.69) is 30.8 Å². The van der Waals surface area contributed by atoms with E-state index >= 15 is 0 Å². The van der Waals surface area contributed by atoms with Crippen LogP contribution in [0.15, 0.2) is 84.6 Å². The summed E-state index contributed by atoms with van der Waals surface area (Å²) in [5.74, 6) is -0.937. The smallest absolute Gasteiger partial charge is 0.253 e. The van der Waals surface area contributed by atoms with Gasteiger partial charge in [0.05, 0.1) is 22.2 Å². The molecule has 3 saturated heterocycles. The quantitative estimate of drug-likeness (QED) is 0.0720. The highest BCUT2D eigenvalue weighted by Crippen LogP contribution is 2.29. The molecule has 3 aliphatic heterocycles. The first-order valence-corrected chi connectivity index (χ1v) is 25.8. The molecule has 2 aromatic heterocycles. The van der Waals surface area contributed by atoms with Crippen LogP contribution in [0.4, 0.5) is 5.69 Å². The van der Waals surface area contributed by atoms with Crippen LogP contribution in [0.5, 0.6) is 0 Å². The number of carbonyl (C=O) groups excluding carboxylic acids is 6. The highest BCUT2D eigenvalue weighted by atomic mass is 32.1. The largest absolute Gasteiger partial charge is 0.391 e. The third-order valence-electron chi connectivity index (χ3n) is 13.7. The first kappa shape index (κ1) is 52.4. The van der Waals surface area contributed by atoms with Gasteiger partial charge >= 0.3 is 0 Å². The van der Waals surface area contributed by atoms with Crippen LogP contribution in [0.2, 0.25) is 0 Å². The van der Waals surface area contributed by atoms with E-state index in [4.69, 9.17) is 0 Å². The molecule has 3 atom stereocenters. The molecule has 16 nitrogen and oxygen atoms in total. The summed E-state index contributed by atoms with van der Waals surface area (Å²) in [6, 6.07) is 17.4. The molecule has 7 rings (SSSR count). The van der Waals surface area contributed by atoms with Crippen LogP contribution in [-0.2, 0) is 30.5 Å². The number of rotatable bonds is 18. The Kier molecular flexibility index (Phi) is 18.1. The second-order valence-electron chi connectivity index (χ2n) is 20.0. The SMILES string of the molecule is Cc1ncsc1-c1ccc(CNC(=O)[C@@H]2C[C@@H](O)CN2C(=O)[C@@H](NC(=O)CCC(=O)N2CCN(c3ccc(C(=O)N4CCC(CCCCNC(=O)/C=C/c5cccnc5)CC4)cc3)CC2)C(C)(C)C)cc1. The minimum atomic E-state index is -0.993. The number of aromatic nitrogens is 2. The molecule has 4 aromatic rings. The molecule has 3 aliphatic rings. The van der Waals surface area contributed by atoms with Crippen molar-refractivity contribution in [2.75, 3.05) is 57.3 Å². The molecule has 17 heteroatoms. The van der Waals surface area contributed by atoms with Crippen molar-refractivity contribution >= 4 is 58.5 Å². The van der Waals surface area contributed by atoms with Gasteiger partial charge in [-0.2, -0.15) is 0 Å². The number of hydrogen-bond donors (Lipinski definition) is 4. The Morgan fingerprint density at radius 3 is 2.27 bits per heavy atom. The Bertz CT molecular complexity index is 2480. The summed E-state index contributed by atoms with van der Waals surface area (Å²) in [4.78, 5) is 96.6. The minimum Gasteiger partial charge on any atom is -0.391 e. The van der Waals surface area contributed by atoms with Gasteiger partial charge in [-0.25, -0.2) is 4.98 Å². The number of aliphatic hydroxyl groups excluding tert-OH is 1. The Balaban J connectivity index is 0.793. The fourth-order valence-corrected chi connectivity index (χ4v) is 10.3. The Morgan fingerprint density at radius 1 is 0.873 bits per heavy atom. The normalized spacial score (nSPS) is 18.1. The maximum Gasteiger partial charge on any atom is 0.253 e. The molecule has 0 saturated carbocycles. The van der Waals surface area contributed by atoms with Gasteiger partial charge in [0.25, 0.3) is 5.91 Å². The zero-order valence-corrected chi connectivity index (χ0v) is 42.3. The number of piperidine rings is 1. The molecule has 5 heterocycles. The minimum absolute atomic E-state index is 0.0186. The van der Waals surface area contributed by atoms with E-state index in [-0.39, 0.29) is 56.0 Å². The molecule has 0 aliphatic carbocycles. The van der Waals surface area contributed by atoms with Crippen molar-refractivity contribution in [1.82, 2.24) is 40.6 Å². The highest BCUT2D eigenvalue weighted by molar-refractivity contribution is 7.13. The fraction of sp³-hybridized carbons (Fsp3) is 0.481. The number of likely N-dealkylation sites (tertiary alicyclic amines) is 2. The van der Waals surface area contributed by atoms with Crippen LogP contribution in [0.25, 0.3) is 16.5 Å². The lowest BCUT2D eigenvalue weighted by Gasteiger charge is -2.36. The standard InChI is InChI=1S/C54H69N9O7S/c1-37-49(71-36-58-37)41-13-10-40(11-14-41)34-57-51(68)45-32-44(64)35-63(45)53(70)50(54(2,3)4)59-47(66)20-21-48(67)61-30-28-60(29-31-61)43-17-15-42(16-18-43)52(69)62-26-22-38(23-27-62)8-5-6-25-56-46(65)19-12-39-9-7-24-55-33-39/h7,9-19,24,33,36,38,44-45,50,64H,5-6,8,20-23,25-32,34-35H2,1-4H3,(H,56,65)(H,57,68)(H,59,66)/b19-12+/t44-,45+,50-/m1/s1. The summed E-state index contributed by atoms with van der Waals surface area (Å²) < 4.78 is 0. The van der Waals surface area contributed by atoms with Crippen molar-refractivity contribution in [3.8, 4) is 10.4 Å². The molecular weight excluding hydrogens is 919 g/mol. The summed E-state index contributed by atoms with van der Waals surface area (Å²) in [6.07, 6.45) is 10.7. The van der Waals surface area contributed by atoms with Crippen LogP contribution < -0.4 is 20.9 Å². The summed E-state index contributed by atoms with van der Waals surface area (Å²) >= 11 is 1.57. The number of piperazine rings is 1. The van der Waals surface area contributed by atoms with Crippen molar-refractivity contribution in [3.05, 3.63) is 107 Å². The van der Waals surface area contributed by atoms with Gasteiger partial charge in [-0.05, 0) is 90.6 Å². The molecule has 0 bridgehead atoms. The molecule has 0 spiro atoms. The molecule has 0 radical (unpaired) electrons. The molecule has 71 heavy (non-hydrogen) atoms. The van der Waals surface area contributed by atoms with Crippen molar-refractivity contribution in [1.29, 1.82) is 0 Å². The number of amides is 6. The van der Waals surface area contributed by atoms with Crippen molar-refractivity contribution in [2.45, 2.75) is 104 Å². The zero-order valence-electron chi connectivity index (χ0n) is 41.5. The topological polar surface area (TPSA) is 197 Å². The predicted molar refractivity (Wildman–Crippen MR) is 275 cm³/mol. The lowest BCUT2D eigenvalue weighted by Crippen LogP contribution is -2.57. The lowest BCUT2D eigenvalue weighted by molar-refractivity contribution is -0.144. The number of benzene rings is 2. The van der Waals surface area contributed by atoms with Crippen molar-refractivity contribution in [2.24, 2.45) is 11.3 Å². The van der Waals surface area contributed by atoms with Gasteiger partial charge in [0, 0.05) is 108 Å². The number of nitrogens with one attached hydrogen (secondary N) is 3. The maximum absolute atomic E-state index is 14.1. The molecule has 2 aromatic carbocycles. The van der Waals surface area contributed by atoms with Crippen LogP contribution in [0.1, 0.15) is 99.3 Å². The van der Waals surface area contributed by atoms with Crippen molar-refractivity contribution in [3.63, 3.8) is 0 Å². The lowest BCUT2D eigenvalue weighted by atomic mass is 9.85. The third-order valence-corrected chi connectivity index (χ3v) is 14.7. The fourth-order valence-electron chi connectivity index (χ4n) is 9.50. The van der Waals surface area contributed by atoms with Crippen LogP contribution in [-0.4, -0.2) is 136 Å². The third kappa shape index (κ3) is 14.6. The van der Waals surface area contributed by atoms with E-state index in [1.54, 1.807) is 34.7 Å². The number of aryl methyl sites for hydroxylation is 1. The van der Waals surface area contributed by atoms with E-state index < -0.39 is 35.4 Å². The molecular formula is C54H69N9O7S. The van der Waals surface area contributed by atoms with Gasteiger partial charge in [0.15, 0.2) is 0 Å². The first-order chi connectivity index (χ1) is 34.1. The molecule has 6 amide bonds. The van der Waals surface area contributed by atoms with E-state index in [0.29, 0.717) is 44.2 Å². The summed E-state index contributed by atoms with van der Waals surface area (Å²) in [7, 11) is 0. The number of anilines is 1. The number of β-amino-alcohol motifs (C(OH)–C–C–N with tert-alkyl or cyclic N) is 1. The number of pyridine rings is 1. The number of thiazole rings is 1. The Morgan fingerprint density at radius 2 is 1.61 bits per heavy atom. The molecule has 3 fully saturated rings. The maximum atomic E-state index is 14.1. The second kappa shape index (κ2) is 24.6. The second-order valence-corrected chi connectivity index (χ2v) is 20.9. The molecule has 378 valence electrons. The van der Waals surface area contributed by atoms with Gasteiger partial charge in [0.2, 0.25) is 29.5 Å². The van der Waals surface area contributed by atoms with Gasteiger partial charge in [0.1, 0.15) is 12.1 Å². The number of carbonyl (C=O) groups is 6. The first-order valence-electron chi connectivity index (χ1n) is 25.0. The monoisotopic (exact) mass is 988 g/mol. The van der Waals surface area contributed by atoms with E-state index in [1.807, 2.05) is 98.8 Å². The van der Waals surface area contributed by atoms with Gasteiger partial charge in [-0.3, -0.25) is 33.8 Å². The summed E-state index contributed by atoms with van der Waals surface area (Å²) in [5.41, 5.74) is 6.48. The van der Waals surface area contributed by atoms with Crippen LogP contribution in [0, 0.1) is 18.3 Å². The predicted octanol–water partition coefficient (Wildman–Crippen LogP) is 5.60. The van der Waals surface area contributed by atoms with E-state index in [0.717, 1.165) is 78.1 Å². The van der Waals surface area contributed by atoms with Crippen LogP contribution >= 0.6 is 11.3 Å². The van der Waals surface area contributed by atoms with E-state index in [1.165, 1.54) is 11.0 Å². The average molecular weight is 988 g/mol. The number of nitrogens with zero attached hydrogens (tertiary/aromatic N) is 6. The molecule has 0 unspecified atom stereocenters. The summed E-state index contributed by atoms with van der Waals surface area (Å²) in [5, 5.41) is 19.4. The number of aliphatic hydroxyl groups is 1. The van der Waals surface area contributed by atoms with Gasteiger partial charge in [-0.15, -0.1) is 11.3 Å². The molecule has 4 N–H and O–H groups in total. The van der Waals surface area contributed by atoms with Gasteiger partial charge < -0.3 is 40.7 Å². The average Bonchev–Trinajstić information content (AvgIpc) is 4.00. The van der Waals surface area contributed by atoms with Crippen LogP contribution in [0.3, 0.4) is 0 Å². The Labute approximate surface area is 421 Å². The van der Waals surface area contributed by atoms with Gasteiger partial charge in [-0.1, -0.05) is 63.9 Å². The highest BCUT2D eigenvalue weighted by Gasteiger charge is 2.44. The van der Waals surface area contributed by atoms with Crippen molar-refractivity contribution < 1.29 is 33.9 Å². The Hall–Kier alpha value is -6.46. The number of hydrogen-bond acceptors (Lipinski definition) is 11. The number of unbranched alkanes of at least 4 members (excludes halogenated alkanes) is 1. The zero-order chi connectivity index (χ0) is 50.5. The summed E-state index contributed by atoms with van der Waals surface area (Å²) in [6.45, 7) is 11.9.